The quantitative estimate of drug-likeness (QED) is 0.800. The summed E-state index contributed by atoms with van der Waals surface area (Å²) in [5.41, 5.74) is 3.68. The maximum Gasteiger partial charge on any atom is 0.0666 e. The van der Waals surface area contributed by atoms with E-state index in [1.165, 1.54) is 17.0 Å². The van der Waals surface area contributed by atoms with Crippen molar-refractivity contribution in [1.82, 2.24) is 20.1 Å². The molecule has 2 aromatic heterocycles. The second-order valence-corrected chi connectivity index (χ2v) is 3.93. The van der Waals surface area contributed by atoms with Crippen molar-refractivity contribution in [3.8, 4) is 0 Å². The highest BCUT2D eigenvalue weighted by atomic mass is 15.3. The van der Waals surface area contributed by atoms with Crippen LogP contribution < -0.4 is 5.32 Å². The smallest absolute Gasteiger partial charge is 0.0666 e. The molecule has 0 aliphatic rings. The number of rotatable bonds is 5. The molecule has 2 rings (SSSR count). The first-order chi connectivity index (χ1) is 7.79. The Balaban J connectivity index is 1.89. The van der Waals surface area contributed by atoms with E-state index < -0.39 is 0 Å². The summed E-state index contributed by atoms with van der Waals surface area (Å²) in [6, 6.07) is 4.09. The van der Waals surface area contributed by atoms with Crippen molar-refractivity contribution in [3.63, 3.8) is 0 Å². The minimum absolute atomic E-state index is 0.866. The lowest BCUT2D eigenvalue weighted by Crippen LogP contribution is -2.13. The lowest BCUT2D eigenvalue weighted by atomic mass is 10.2. The van der Waals surface area contributed by atoms with Crippen LogP contribution in [0.2, 0.25) is 0 Å². The first kappa shape index (κ1) is 11.0. The summed E-state index contributed by atoms with van der Waals surface area (Å²) in [5.74, 6) is 0. The Labute approximate surface area is 95.7 Å². The molecule has 0 saturated carbocycles. The fourth-order valence-electron chi connectivity index (χ4n) is 1.84. The molecular formula is C12H18N4. The van der Waals surface area contributed by atoms with Gasteiger partial charge in [0, 0.05) is 43.8 Å². The van der Waals surface area contributed by atoms with E-state index in [0.717, 1.165) is 19.5 Å². The number of aromatic nitrogens is 3. The summed E-state index contributed by atoms with van der Waals surface area (Å²) in [5, 5.41) is 7.82. The number of hydrogen-bond donors (Lipinski definition) is 2. The average Bonchev–Trinajstić information content (AvgIpc) is 2.88. The van der Waals surface area contributed by atoms with Gasteiger partial charge in [-0.3, -0.25) is 4.68 Å². The van der Waals surface area contributed by atoms with Crippen LogP contribution in [0, 0.1) is 0 Å². The van der Waals surface area contributed by atoms with E-state index in [2.05, 4.69) is 34.6 Å². The first-order valence-corrected chi connectivity index (χ1v) is 5.64. The van der Waals surface area contributed by atoms with E-state index in [4.69, 9.17) is 0 Å². The van der Waals surface area contributed by atoms with Gasteiger partial charge in [0.2, 0.25) is 0 Å². The molecule has 16 heavy (non-hydrogen) atoms. The Morgan fingerprint density at radius 2 is 2.31 bits per heavy atom. The molecule has 4 nitrogen and oxygen atoms in total. The fraction of sp³-hybridized carbons (Fsp3) is 0.417. The van der Waals surface area contributed by atoms with E-state index in [1.807, 2.05) is 24.0 Å². The molecule has 0 aromatic carbocycles. The Morgan fingerprint density at radius 3 is 3.00 bits per heavy atom. The third kappa shape index (κ3) is 2.52. The van der Waals surface area contributed by atoms with Gasteiger partial charge < -0.3 is 10.3 Å². The monoisotopic (exact) mass is 218 g/mol. The van der Waals surface area contributed by atoms with Crippen LogP contribution >= 0.6 is 0 Å². The van der Waals surface area contributed by atoms with Gasteiger partial charge in [-0.15, -0.1) is 0 Å². The zero-order valence-electron chi connectivity index (χ0n) is 9.83. The van der Waals surface area contributed by atoms with Crippen LogP contribution in [0.5, 0.6) is 0 Å². The molecule has 0 atom stereocenters. The van der Waals surface area contributed by atoms with E-state index in [0.29, 0.717) is 0 Å². The van der Waals surface area contributed by atoms with Crippen LogP contribution in [0.15, 0.2) is 24.5 Å². The van der Waals surface area contributed by atoms with Crippen LogP contribution in [0.1, 0.15) is 23.9 Å². The van der Waals surface area contributed by atoms with Gasteiger partial charge in [0.1, 0.15) is 0 Å². The maximum atomic E-state index is 4.41. The highest BCUT2D eigenvalue weighted by Gasteiger charge is 2.04. The largest absolute Gasteiger partial charge is 0.364 e. The fourth-order valence-corrected chi connectivity index (χ4v) is 1.84. The summed E-state index contributed by atoms with van der Waals surface area (Å²) < 4.78 is 1.88. The summed E-state index contributed by atoms with van der Waals surface area (Å²) in [4.78, 5) is 3.17. The molecule has 0 aliphatic heterocycles. The van der Waals surface area contributed by atoms with Crippen molar-refractivity contribution < 1.29 is 0 Å². The molecule has 4 heteroatoms. The molecule has 0 bridgehead atoms. The van der Waals surface area contributed by atoms with Crippen molar-refractivity contribution in [3.05, 3.63) is 41.5 Å². The van der Waals surface area contributed by atoms with E-state index in [9.17, 15) is 0 Å². The zero-order chi connectivity index (χ0) is 11.4. The number of nitrogens with one attached hydrogen (secondary N) is 2. The standard InChI is InChI=1S/C12H18N4/c1-3-12-10(9-16(2)15-12)7-13-8-11-5-4-6-14-11/h4-6,9,13-14H,3,7-8H2,1-2H3. The lowest BCUT2D eigenvalue weighted by Gasteiger charge is -2.02. The van der Waals surface area contributed by atoms with Gasteiger partial charge in [0.05, 0.1) is 5.69 Å². The number of nitrogens with zero attached hydrogens (tertiary/aromatic N) is 2. The second kappa shape index (κ2) is 4.99. The van der Waals surface area contributed by atoms with E-state index >= 15 is 0 Å². The van der Waals surface area contributed by atoms with Gasteiger partial charge in [-0.05, 0) is 18.6 Å². The van der Waals surface area contributed by atoms with Gasteiger partial charge in [0.25, 0.3) is 0 Å². The normalized spacial score (nSPS) is 10.9. The second-order valence-electron chi connectivity index (χ2n) is 3.93. The Kier molecular flexibility index (Phi) is 3.41. The van der Waals surface area contributed by atoms with Crippen LogP contribution in [-0.2, 0) is 26.6 Å². The number of H-pyrrole nitrogens is 1. The third-order valence-electron chi connectivity index (χ3n) is 2.62. The molecule has 0 amide bonds. The van der Waals surface area contributed by atoms with Crippen molar-refractivity contribution in [1.29, 1.82) is 0 Å². The maximum absolute atomic E-state index is 4.41. The topological polar surface area (TPSA) is 45.6 Å². The summed E-state index contributed by atoms with van der Waals surface area (Å²) in [6.45, 7) is 3.87. The molecular weight excluding hydrogens is 200 g/mol. The molecule has 0 aliphatic carbocycles. The Morgan fingerprint density at radius 1 is 1.44 bits per heavy atom. The van der Waals surface area contributed by atoms with E-state index in [-0.39, 0.29) is 0 Å². The van der Waals surface area contributed by atoms with Crippen LogP contribution in [0.3, 0.4) is 0 Å². The molecule has 0 fully saturated rings. The van der Waals surface area contributed by atoms with Crippen molar-refractivity contribution in [2.24, 2.45) is 7.05 Å². The van der Waals surface area contributed by atoms with Crippen molar-refractivity contribution >= 4 is 0 Å². The SMILES string of the molecule is CCc1nn(C)cc1CNCc1ccc[nH]1. The number of aromatic amines is 1. The van der Waals surface area contributed by atoms with Crippen LogP contribution in [0.25, 0.3) is 0 Å². The minimum Gasteiger partial charge on any atom is -0.364 e. The van der Waals surface area contributed by atoms with Crippen molar-refractivity contribution in [2.75, 3.05) is 0 Å². The zero-order valence-corrected chi connectivity index (χ0v) is 9.83. The van der Waals surface area contributed by atoms with Gasteiger partial charge in [-0.2, -0.15) is 5.10 Å². The molecule has 0 unspecified atom stereocenters. The van der Waals surface area contributed by atoms with Gasteiger partial charge in [-0.25, -0.2) is 0 Å². The Hall–Kier alpha value is -1.55. The minimum atomic E-state index is 0.866. The summed E-state index contributed by atoms with van der Waals surface area (Å²) in [6.07, 6.45) is 5.01. The molecule has 2 N–H and O–H groups in total. The van der Waals surface area contributed by atoms with Gasteiger partial charge in [-0.1, -0.05) is 6.92 Å². The molecule has 0 spiro atoms. The molecule has 0 radical (unpaired) electrons. The third-order valence-corrected chi connectivity index (χ3v) is 2.62. The molecule has 2 aromatic rings. The number of aryl methyl sites for hydroxylation is 2. The first-order valence-electron chi connectivity index (χ1n) is 5.64. The van der Waals surface area contributed by atoms with Crippen LogP contribution in [-0.4, -0.2) is 14.8 Å². The summed E-state index contributed by atoms with van der Waals surface area (Å²) >= 11 is 0. The van der Waals surface area contributed by atoms with Gasteiger partial charge >= 0.3 is 0 Å². The molecule has 2 heterocycles. The van der Waals surface area contributed by atoms with E-state index in [1.54, 1.807) is 0 Å². The predicted octanol–water partition coefficient (Wildman–Crippen LogP) is 1.60. The lowest BCUT2D eigenvalue weighted by molar-refractivity contribution is 0.678. The highest BCUT2D eigenvalue weighted by molar-refractivity contribution is 5.16. The van der Waals surface area contributed by atoms with Crippen molar-refractivity contribution in [2.45, 2.75) is 26.4 Å². The number of hydrogen-bond acceptors (Lipinski definition) is 2. The predicted molar refractivity (Wildman–Crippen MR) is 63.9 cm³/mol. The summed E-state index contributed by atoms with van der Waals surface area (Å²) in [7, 11) is 1.97. The van der Waals surface area contributed by atoms with Gasteiger partial charge in [0.15, 0.2) is 0 Å². The highest BCUT2D eigenvalue weighted by Crippen LogP contribution is 2.06. The Bertz CT molecular complexity index is 428. The van der Waals surface area contributed by atoms with Crippen LogP contribution in [0.4, 0.5) is 0 Å². The average molecular weight is 218 g/mol. The molecule has 0 saturated heterocycles. The molecule has 86 valence electrons.